The van der Waals surface area contributed by atoms with Crippen molar-refractivity contribution in [2.24, 2.45) is 0 Å². The van der Waals surface area contributed by atoms with E-state index in [0.717, 1.165) is 4.70 Å². The van der Waals surface area contributed by atoms with E-state index in [1.807, 2.05) is 24.3 Å². The van der Waals surface area contributed by atoms with Crippen LogP contribution in [-0.2, 0) is 9.59 Å². The lowest BCUT2D eigenvalue weighted by molar-refractivity contribution is -0.132. The zero-order chi connectivity index (χ0) is 23.8. The first-order valence-corrected chi connectivity index (χ1v) is 11.3. The first kappa shape index (κ1) is 21.7. The Morgan fingerprint density at radius 1 is 0.971 bits per heavy atom. The molecule has 1 N–H and O–H groups in total. The van der Waals surface area contributed by atoms with Crippen LogP contribution in [-0.4, -0.2) is 36.0 Å². The number of Topliss-reactive ketones (excluding diaryl/α,β-unsaturated/α-hetero) is 1. The Kier molecular flexibility index (Phi) is 5.51. The lowest BCUT2D eigenvalue weighted by Crippen LogP contribution is -2.29. The van der Waals surface area contributed by atoms with Crippen LogP contribution in [0.2, 0.25) is 0 Å². The number of amides is 1. The van der Waals surface area contributed by atoms with Crippen molar-refractivity contribution in [1.82, 2.24) is 4.98 Å². The van der Waals surface area contributed by atoms with E-state index in [1.165, 1.54) is 30.5 Å². The van der Waals surface area contributed by atoms with Crippen LogP contribution in [0.1, 0.15) is 17.2 Å². The van der Waals surface area contributed by atoms with Crippen LogP contribution in [0.15, 0.2) is 78.4 Å². The summed E-state index contributed by atoms with van der Waals surface area (Å²) in [5.74, 6) is -0.873. The summed E-state index contributed by atoms with van der Waals surface area (Å²) < 4.78 is 11.9. The number of benzene rings is 3. The number of ether oxygens (including phenoxy) is 2. The third kappa shape index (κ3) is 3.48. The molecule has 3 aromatic carbocycles. The van der Waals surface area contributed by atoms with Gasteiger partial charge in [-0.25, -0.2) is 4.98 Å². The van der Waals surface area contributed by atoms with Gasteiger partial charge in [-0.1, -0.05) is 53.8 Å². The zero-order valence-electron chi connectivity index (χ0n) is 18.4. The van der Waals surface area contributed by atoms with Gasteiger partial charge in [-0.3, -0.25) is 14.5 Å². The molecule has 1 aliphatic rings. The molecule has 0 spiro atoms. The summed E-state index contributed by atoms with van der Waals surface area (Å²) in [5, 5.41) is 11.6. The van der Waals surface area contributed by atoms with Crippen molar-refractivity contribution < 1.29 is 24.2 Å². The van der Waals surface area contributed by atoms with Crippen LogP contribution in [0, 0.1) is 0 Å². The molecule has 0 radical (unpaired) electrons. The van der Waals surface area contributed by atoms with Gasteiger partial charge in [-0.05, 0) is 30.3 Å². The van der Waals surface area contributed by atoms with Gasteiger partial charge in [0.05, 0.1) is 30.0 Å². The first-order chi connectivity index (χ1) is 16.5. The average Bonchev–Trinajstić information content (AvgIpc) is 3.42. The summed E-state index contributed by atoms with van der Waals surface area (Å²) in [6.45, 7) is 0. The van der Waals surface area contributed by atoms with Crippen molar-refractivity contribution in [2.45, 2.75) is 6.04 Å². The fraction of sp³-hybridized carbons (Fsp3) is 0.115. The number of ketones is 1. The van der Waals surface area contributed by atoms with E-state index in [2.05, 4.69) is 4.98 Å². The molecule has 5 rings (SSSR count). The van der Waals surface area contributed by atoms with Gasteiger partial charge < -0.3 is 14.6 Å². The Morgan fingerprint density at radius 3 is 2.41 bits per heavy atom. The molecule has 1 amide bonds. The second kappa shape index (κ2) is 8.64. The molecule has 1 atom stereocenters. The predicted octanol–water partition coefficient (Wildman–Crippen LogP) is 4.94. The second-order valence-corrected chi connectivity index (χ2v) is 8.62. The SMILES string of the molecule is COc1ccc(OC)c(C2C(=C(O)c3ccccc3)C(=O)C(=O)N2c2nc3ccccc3s2)c1. The number of carbonyl (C=O) groups is 2. The van der Waals surface area contributed by atoms with Gasteiger partial charge in [0.15, 0.2) is 5.13 Å². The smallest absolute Gasteiger partial charge is 0.301 e. The van der Waals surface area contributed by atoms with E-state index in [0.29, 0.717) is 33.3 Å². The third-order valence-electron chi connectivity index (χ3n) is 5.71. The first-order valence-electron chi connectivity index (χ1n) is 10.5. The van der Waals surface area contributed by atoms with Gasteiger partial charge >= 0.3 is 5.91 Å². The van der Waals surface area contributed by atoms with Crippen molar-refractivity contribution in [1.29, 1.82) is 0 Å². The highest BCUT2D eigenvalue weighted by molar-refractivity contribution is 7.22. The van der Waals surface area contributed by atoms with Gasteiger partial charge in [0, 0.05) is 11.1 Å². The van der Waals surface area contributed by atoms with E-state index in [1.54, 1.807) is 48.5 Å². The molecule has 1 fully saturated rings. The normalized spacial score (nSPS) is 17.4. The maximum atomic E-state index is 13.4. The molecule has 1 aliphatic heterocycles. The lowest BCUT2D eigenvalue weighted by atomic mass is 9.94. The zero-order valence-corrected chi connectivity index (χ0v) is 19.2. The molecule has 4 aromatic rings. The Balaban J connectivity index is 1.79. The summed E-state index contributed by atoms with van der Waals surface area (Å²) in [6, 6.07) is 20.3. The number of thiazole rings is 1. The molecule has 0 aliphatic carbocycles. The van der Waals surface area contributed by atoms with Crippen LogP contribution in [0.5, 0.6) is 11.5 Å². The van der Waals surface area contributed by atoms with Crippen molar-refractivity contribution >= 4 is 44.1 Å². The number of hydrogen-bond donors (Lipinski definition) is 1. The number of aromatic nitrogens is 1. The van der Waals surface area contributed by atoms with Gasteiger partial charge in [0.2, 0.25) is 0 Å². The molecule has 8 heteroatoms. The Labute approximate surface area is 199 Å². The molecule has 0 saturated carbocycles. The van der Waals surface area contributed by atoms with Crippen LogP contribution >= 0.6 is 11.3 Å². The number of para-hydroxylation sites is 1. The van der Waals surface area contributed by atoms with Crippen LogP contribution in [0.25, 0.3) is 16.0 Å². The summed E-state index contributed by atoms with van der Waals surface area (Å²) in [7, 11) is 3.03. The molecule has 1 aromatic heterocycles. The number of aliphatic hydroxyl groups excluding tert-OH is 1. The number of rotatable bonds is 5. The lowest BCUT2D eigenvalue weighted by Gasteiger charge is -2.25. The van der Waals surface area contributed by atoms with Crippen LogP contribution in [0.3, 0.4) is 0 Å². The summed E-state index contributed by atoms with van der Waals surface area (Å²) in [6.07, 6.45) is 0. The molecule has 1 unspecified atom stereocenters. The Morgan fingerprint density at radius 2 is 1.71 bits per heavy atom. The van der Waals surface area contributed by atoms with Gasteiger partial charge in [0.25, 0.3) is 5.78 Å². The standard InChI is InChI=1S/C26H20N2O5S/c1-32-16-12-13-19(33-2)17(14-16)22-21(23(29)15-8-4-3-5-9-15)24(30)25(31)28(22)26-27-18-10-6-7-11-20(18)34-26/h3-14,22,29H,1-2H3. The fourth-order valence-electron chi connectivity index (χ4n) is 4.09. The highest BCUT2D eigenvalue weighted by Gasteiger charge is 2.49. The number of nitrogens with zero attached hydrogens (tertiary/aromatic N) is 2. The van der Waals surface area contributed by atoms with Crippen molar-refractivity contribution in [3.05, 3.63) is 89.5 Å². The predicted molar refractivity (Wildman–Crippen MR) is 130 cm³/mol. The van der Waals surface area contributed by atoms with E-state index in [4.69, 9.17) is 9.47 Å². The molecule has 170 valence electrons. The van der Waals surface area contributed by atoms with Crippen LogP contribution < -0.4 is 14.4 Å². The molecule has 0 bridgehead atoms. The number of methoxy groups -OCH3 is 2. The number of fused-ring (bicyclic) bond motifs is 1. The largest absolute Gasteiger partial charge is 0.507 e. The van der Waals surface area contributed by atoms with Gasteiger partial charge in [-0.2, -0.15) is 0 Å². The Bertz CT molecular complexity index is 1410. The average molecular weight is 473 g/mol. The minimum atomic E-state index is -0.967. The van der Waals surface area contributed by atoms with E-state index in [-0.39, 0.29) is 11.3 Å². The minimum absolute atomic E-state index is 0.0398. The summed E-state index contributed by atoms with van der Waals surface area (Å²) in [5.41, 5.74) is 1.60. The van der Waals surface area contributed by atoms with E-state index >= 15 is 0 Å². The maximum Gasteiger partial charge on any atom is 0.301 e. The number of aliphatic hydroxyl groups is 1. The van der Waals surface area contributed by atoms with Crippen molar-refractivity contribution in [2.75, 3.05) is 19.1 Å². The van der Waals surface area contributed by atoms with Crippen molar-refractivity contribution in [3.8, 4) is 11.5 Å². The maximum absolute atomic E-state index is 13.4. The summed E-state index contributed by atoms with van der Waals surface area (Å²) >= 11 is 1.30. The quantitative estimate of drug-likeness (QED) is 0.251. The third-order valence-corrected chi connectivity index (χ3v) is 6.75. The number of anilines is 1. The highest BCUT2D eigenvalue weighted by atomic mass is 32.1. The van der Waals surface area contributed by atoms with E-state index < -0.39 is 17.7 Å². The van der Waals surface area contributed by atoms with Crippen molar-refractivity contribution in [3.63, 3.8) is 0 Å². The van der Waals surface area contributed by atoms with Gasteiger partial charge in [0.1, 0.15) is 23.3 Å². The minimum Gasteiger partial charge on any atom is -0.507 e. The number of carbonyl (C=O) groups excluding carboxylic acids is 2. The topological polar surface area (TPSA) is 89.0 Å². The second-order valence-electron chi connectivity index (χ2n) is 7.61. The molecule has 7 nitrogen and oxygen atoms in total. The molecule has 2 heterocycles. The van der Waals surface area contributed by atoms with Gasteiger partial charge in [-0.15, -0.1) is 0 Å². The summed E-state index contributed by atoms with van der Waals surface area (Å²) in [4.78, 5) is 32.7. The Hall–Kier alpha value is -4.17. The van der Waals surface area contributed by atoms with Crippen LogP contribution in [0.4, 0.5) is 5.13 Å². The highest BCUT2D eigenvalue weighted by Crippen LogP contribution is 2.47. The van der Waals surface area contributed by atoms with E-state index in [9.17, 15) is 14.7 Å². The molecular formula is C26H20N2O5S. The fourth-order valence-corrected chi connectivity index (χ4v) is 5.08. The monoisotopic (exact) mass is 472 g/mol. The molecule has 34 heavy (non-hydrogen) atoms. The molecular weight excluding hydrogens is 452 g/mol. The molecule has 1 saturated heterocycles. The number of hydrogen-bond acceptors (Lipinski definition) is 7.